The Morgan fingerprint density at radius 2 is 1.51 bits per heavy atom. The summed E-state index contributed by atoms with van der Waals surface area (Å²) < 4.78 is 0. The number of nitrogens with zero attached hydrogens (tertiary/aromatic N) is 4. The van der Waals surface area contributed by atoms with Crippen LogP contribution in [0.2, 0.25) is 0 Å². The fourth-order valence-electron chi connectivity index (χ4n) is 5.32. The van der Waals surface area contributed by atoms with Gasteiger partial charge in [-0.05, 0) is 23.1 Å². The van der Waals surface area contributed by atoms with Gasteiger partial charge < -0.3 is 15.1 Å². The van der Waals surface area contributed by atoms with Gasteiger partial charge in [-0.3, -0.25) is 9.59 Å². The fraction of sp³-hybridized carbons (Fsp3) is 0.258. The normalized spacial score (nSPS) is 19.5. The maximum absolute atomic E-state index is 13.9. The van der Waals surface area contributed by atoms with Gasteiger partial charge in [0.2, 0.25) is 11.8 Å². The molecular formula is C31H33N5O3. The van der Waals surface area contributed by atoms with Gasteiger partial charge >= 0.3 is 6.03 Å². The fourth-order valence-corrected chi connectivity index (χ4v) is 5.32. The first-order valence-corrected chi connectivity index (χ1v) is 13.2. The Hall–Kier alpha value is -4.43. The Morgan fingerprint density at radius 1 is 0.897 bits per heavy atom. The highest BCUT2D eigenvalue weighted by molar-refractivity contribution is 5.92. The second-order valence-corrected chi connectivity index (χ2v) is 9.74. The zero-order chi connectivity index (χ0) is 27.2. The molecule has 3 aromatic carbocycles. The molecule has 0 radical (unpaired) electrons. The van der Waals surface area contributed by atoms with Gasteiger partial charge in [-0.2, -0.15) is 0 Å². The third kappa shape index (κ3) is 5.71. The van der Waals surface area contributed by atoms with Gasteiger partial charge in [0.15, 0.2) is 0 Å². The third-order valence-corrected chi connectivity index (χ3v) is 7.18. The van der Waals surface area contributed by atoms with Gasteiger partial charge in [-0.15, -0.1) is 6.58 Å². The minimum Gasteiger partial charge on any atom is -0.336 e. The second kappa shape index (κ2) is 12.0. The van der Waals surface area contributed by atoms with E-state index in [2.05, 4.69) is 11.9 Å². The van der Waals surface area contributed by atoms with E-state index in [1.807, 2.05) is 91.0 Å². The molecule has 1 N–H and O–H groups in total. The summed E-state index contributed by atoms with van der Waals surface area (Å²) in [6, 6.07) is 27.9. The van der Waals surface area contributed by atoms with Gasteiger partial charge in [-0.25, -0.2) is 14.8 Å². The second-order valence-electron chi connectivity index (χ2n) is 9.74. The lowest BCUT2D eigenvalue weighted by Gasteiger charge is -2.55. The van der Waals surface area contributed by atoms with Crippen molar-refractivity contribution >= 4 is 17.8 Å². The van der Waals surface area contributed by atoms with Gasteiger partial charge in [0.25, 0.3) is 0 Å². The smallest absolute Gasteiger partial charge is 0.334 e. The minimum absolute atomic E-state index is 0.0259. The minimum atomic E-state index is -0.816. The number of urea groups is 1. The number of hydrazine groups is 1. The van der Waals surface area contributed by atoms with Crippen molar-refractivity contribution in [2.24, 2.45) is 0 Å². The van der Waals surface area contributed by atoms with E-state index in [1.54, 1.807) is 25.9 Å². The van der Waals surface area contributed by atoms with Crippen LogP contribution in [-0.4, -0.2) is 70.0 Å². The van der Waals surface area contributed by atoms with E-state index >= 15 is 0 Å². The zero-order valence-corrected chi connectivity index (χ0v) is 21.9. The van der Waals surface area contributed by atoms with E-state index in [0.29, 0.717) is 26.1 Å². The molecule has 0 aliphatic carbocycles. The van der Waals surface area contributed by atoms with Crippen molar-refractivity contribution in [3.63, 3.8) is 0 Å². The van der Waals surface area contributed by atoms with Crippen molar-refractivity contribution in [3.8, 4) is 0 Å². The molecule has 5 rings (SSSR count). The number of carbonyl (C=O) groups is 3. The SMILES string of the molecule is C=CCN1CC(=O)N2[C@@H](c3ccccc3)C(=O)N(CCc3ccccc3)C[C@@H]2N1C(=O)NCc1ccccc1. The van der Waals surface area contributed by atoms with E-state index in [4.69, 9.17) is 0 Å². The Labute approximate surface area is 229 Å². The van der Waals surface area contributed by atoms with Crippen LogP contribution < -0.4 is 5.32 Å². The Kier molecular flexibility index (Phi) is 8.03. The summed E-state index contributed by atoms with van der Waals surface area (Å²) in [6.45, 7) is 5.17. The van der Waals surface area contributed by atoms with Gasteiger partial charge in [0, 0.05) is 19.6 Å². The maximum Gasteiger partial charge on any atom is 0.334 e. The van der Waals surface area contributed by atoms with E-state index in [1.165, 1.54) is 0 Å². The molecule has 4 amide bonds. The molecule has 2 saturated heterocycles. The monoisotopic (exact) mass is 523 g/mol. The van der Waals surface area contributed by atoms with Gasteiger partial charge in [-0.1, -0.05) is 97.1 Å². The van der Waals surface area contributed by atoms with Crippen molar-refractivity contribution in [1.29, 1.82) is 0 Å². The van der Waals surface area contributed by atoms with Crippen LogP contribution in [0.1, 0.15) is 22.7 Å². The number of amides is 4. The first-order valence-electron chi connectivity index (χ1n) is 13.2. The lowest BCUT2D eigenvalue weighted by Crippen LogP contribution is -2.74. The van der Waals surface area contributed by atoms with Crippen LogP contribution in [0.15, 0.2) is 104 Å². The first-order chi connectivity index (χ1) is 19.1. The van der Waals surface area contributed by atoms with Crippen LogP contribution in [0.5, 0.6) is 0 Å². The molecule has 0 bridgehead atoms. The molecule has 0 saturated carbocycles. The van der Waals surface area contributed by atoms with Crippen molar-refractivity contribution < 1.29 is 14.4 Å². The Balaban J connectivity index is 1.47. The summed E-state index contributed by atoms with van der Waals surface area (Å²) in [5.41, 5.74) is 2.82. The number of nitrogens with one attached hydrogen (secondary N) is 1. The van der Waals surface area contributed by atoms with Crippen LogP contribution in [-0.2, 0) is 22.6 Å². The topological polar surface area (TPSA) is 76.2 Å². The average molecular weight is 524 g/mol. The van der Waals surface area contributed by atoms with Crippen molar-refractivity contribution in [3.05, 3.63) is 120 Å². The lowest BCUT2D eigenvalue weighted by molar-refractivity contribution is -0.189. The first kappa shape index (κ1) is 26.2. The molecule has 2 aliphatic rings. The van der Waals surface area contributed by atoms with E-state index in [0.717, 1.165) is 16.7 Å². The molecule has 2 fully saturated rings. The molecule has 2 atom stereocenters. The van der Waals surface area contributed by atoms with Crippen molar-refractivity contribution in [2.45, 2.75) is 25.2 Å². The molecule has 200 valence electrons. The summed E-state index contributed by atoms with van der Waals surface area (Å²) in [4.78, 5) is 44.6. The summed E-state index contributed by atoms with van der Waals surface area (Å²) in [5, 5.41) is 6.33. The number of rotatable bonds is 8. The summed E-state index contributed by atoms with van der Waals surface area (Å²) in [6.07, 6.45) is 1.68. The van der Waals surface area contributed by atoms with Crippen molar-refractivity contribution in [2.75, 3.05) is 26.2 Å². The lowest BCUT2D eigenvalue weighted by atomic mass is 9.98. The molecular weight excluding hydrogens is 490 g/mol. The molecule has 0 unspecified atom stereocenters. The molecule has 8 heteroatoms. The van der Waals surface area contributed by atoms with Crippen LogP contribution in [0, 0.1) is 0 Å². The predicted molar refractivity (Wildman–Crippen MR) is 149 cm³/mol. The average Bonchev–Trinajstić information content (AvgIpc) is 2.97. The van der Waals surface area contributed by atoms with Crippen LogP contribution >= 0.6 is 0 Å². The quantitative estimate of drug-likeness (QED) is 0.458. The summed E-state index contributed by atoms with van der Waals surface area (Å²) in [5.74, 6) is -0.331. The Morgan fingerprint density at radius 3 is 2.15 bits per heavy atom. The molecule has 2 aliphatic heterocycles. The highest BCUT2D eigenvalue weighted by Crippen LogP contribution is 2.34. The molecule has 8 nitrogen and oxygen atoms in total. The van der Waals surface area contributed by atoms with Crippen LogP contribution in [0.4, 0.5) is 4.79 Å². The van der Waals surface area contributed by atoms with Crippen LogP contribution in [0.25, 0.3) is 0 Å². The third-order valence-electron chi connectivity index (χ3n) is 7.18. The maximum atomic E-state index is 13.9. The number of hydrogen-bond acceptors (Lipinski definition) is 4. The molecule has 39 heavy (non-hydrogen) atoms. The highest BCUT2D eigenvalue weighted by atomic mass is 16.2. The van der Waals surface area contributed by atoms with E-state index < -0.39 is 12.2 Å². The van der Waals surface area contributed by atoms with Crippen LogP contribution in [0.3, 0.4) is 0 Å². The largest absolute Gasteiger partial charge is 0.336 e. The van der Waals surface area contributed by atoms with E-state index in [9.17, 15) is 14.4 Å². The number of carbonyl (C=O) groups excluding carboxylic acids is 3. The standard InChI is InChI=1S/C31H33N5O3/c1-2-19-34-23-28(37)35-27(36(34)31(39)32-21-25-14-8-4-9-15-25)22-33(20-18-24-12-6-3-7-13-24)30(38)29(35)26-16-10-5-11-17-26/h2-17,27,29H,1,18-23H2,(H,32,39)/t27-,29-/m0/s1. The molecule has 0 aromatic heterocycles. The molecule has 0 spiro atoms. The number of benzene rings is 3. The zero-order valence-electron chi connectivity index (χ0n) is 21.9. The van der Waals surface area contributed by atoms with Gasteiger partial charge in [0.1, 0.15) is 12.2 Å². The number of piperazine rings is 1. The Bertz CT molecular complexity index is 1300. The molecule has 2 heterocycles. The van der Waals surface area contributed by atoms with Gasteiger partial charge in [0.05, 0.1) is 13.1 Å². The number of fused-ring (bicyclic) bond motifs is 1. The summed E-state index contributed by atoms with van der Waals surface area (Å²) >= 11 is 0. The predicted octanol–water partition coefficient (Wildman–Crippen LogP) is 3.60. The number of hydrogen-bond donors (Lipinski definition) is 1. The summed E-state index contributed by atoms with van der Waals surface area (Å²) in [7, 11) is 0. The molecule has 3 aromatic rings. The van der Waals surface area contributed by atoms with E-state index in [-0.39, 0.29) is 30.9 Å². The highest BCUT2D eigenvalue weighted by Gasteiger charge is 2.51. The van der Waals surface area contributed by atoms with Crippen molar-refractivity contribution in [1.82, 2.24) is 25.1 Å².